The number of nitrogens with one attached hydrogen (secondary N) is 3. The summed E-state index contributed by atoms with van der Waals surface area (Å²) < 4.78 is 5.14. The minimum Gasteiger partial charge on any atom is -0.449 e. The Bertz CT molecular complexity index is 525. The van der Waals surface area contributed by atoms with Crippen LogP contribution in [0.2, 0.25) is 0 Å². The molecular weight excluding hydrogens is 326 g/mol. The van der Waals surface area contributed by atoms with Crippen molar-refractivity contribution in [2.45, 2.75) is 53.5 Å². The molecule has 0 bridgehead atoms. The van der Waals surface area contributed by atoms with Gasteiger partial charge in [-0.25, -0.2) is 10.2 Å². The molecule has 1 rings (SSSR count). The van der Waals surface area contributed by atoms with E-state index in [1.54, 1.807) is 13.8 Å². The summed E-state index contributed by atoms with van der Waals surface area (Å²) in [6, 6.07) is -0.764. The molecule has 2 unspecified atom stereocenters. The molecule has 25 heavy (non-hydrogen) atoms. The van der Waals surface area contributed by atoms with E-state index in [1.807, 2.05) is 20.8 Å². The Morgan fingerprint density at radius 2 is 1.92 bits per heavy atom. The maximum atomic E-state index is 12.6. The molecule has 1 saturated heterocycles. The quantitative estimate of drug-likeness (QED) is 0.611. The van der Waals surface area contributed by atoms with Gasteiger partial charge in [-0.15, -0.1) is 0 Å². The predicted octanol–water partition coefficient (Wildman–Crippen LogP) is 0.952. The molecule has 0 aromatic rings. The Balaban J connectivity index is 2.68. The summed E-state index contributed by atoms with van der Waals surface area (Å²) in [5, 5.41) is 2.58. The second-order valence-electron chi connectivity index (χ2n) is 7.90. The van der Waals surface area contributed by atoms with Crippen LogP contribution in [0.15, 0.2) is 0 Å². The zero-order chi connectivity index (χ0) is 19.2. The van der Waals surface area contributed by atoms with Crippen LogP contribution in [0.1, 0.15) is 47.5 Å². The van der Waals surface area contributed by atoms with Gasteiger partial charge >= 0.3 is 12.0 Å². The van der Waals surface area contributed by atoms with Crippen molar-refractivity contribution in [3.63, 3.8) is 0 Å². The zero-order valence-corrected chi connectivity index (χ0v) is 15.6. The van der Waals surface area contributed by atoms with Gasteiger partial charge in [-0.2, -0.15) is 0 Å². The molecule has 0 saturated carbocycles. The van der Waals surface area contributed by atoms with Crippen LogP contribution in [0.5, 0.6) is 0 Å². The first-order chi connectivity index (χ1) is 11.5. The maximum Gasteiger partial charge on any atom is 0.407 e. The van der Waals surface area contributed by atoms with Crippen molar-refractivity contribution in [2.75, 3.05) is 13.2 Å². The molecule has 0 aromatic carbocycles. The van der Waals surface area contributed by atoms with Crippen LogP contribution < -0.4 is 16.2 Å². The van der Waals surface area contributed by atoms with Gasteiger partial charge < -0.3 is 10.1 Å². The fourth-order valence-corrected chi connectivity index (χ4v) is 2.40. The molecule has 8 nitrogen and oxygen atoms in total. The first-order valence-electron chi connectivity index (χ1n) is 8.54. The van der Waals surface area contributed by atoms with Crippen molar-refractivity contribution in [3.8, 4) is 0 Å². The summed E-state index contributed by atoms with van der Waals surface area (Å²) in [6.45, 7) is 10.0. The van der Waals surface area contributed by atoms with Gasteiger partial charge in [0, 0.05) is 18.9 Å². The second kappa shape index (κ2) is 8.94. The minimum atomic E-state index is -0.764. The molecule has 0 radical (unpaired) electrons. The third-order valence-corrected chi connectivity index (χ3v) is 3.79. The van der Waals surface area contributed by atoms with E-state index in [9.17, 15) is 19.2 Å². The number of carbonyl (C=O) groups excluding carboxylic acids is 4. The van der Waals surface area contributed by atoms with Gasteiger partial charge in [0.05, 0.1) is 12.6 Å². The van der Waals surface area contributed by atoms with Crippen LogP contribution in [-0.4, -0.2) is 42.8 Å². The van der Waals surface area contributed by atoms with E-state index in [0.717, 1.165) is 0 Å². The van der Waals surface area contributed by atoms with Crippen molar-refractivity contribution >= 4 is 23.6 Å². The van der Waals surface area contributed by atoms with E-state index >= 15 is 0 Å². The van der Waals surface area contributed by atoms with Crippen LogP contribution in [0.3, 0.4) is 0 Å². The number of ether oxygens (including phenoxy) is 1. The first-order valence-corrected chi connectivity index (χ1v) is 8.54. The Labute approximate surface area is 148 Å². The Kier molecular flexibility index (Phi) is 7.54. The lowest BCUT2D eigenvalue weighted by Gasteiger charge is -2.24. The van der Waals surface area contributed by atoms with Crippen molar-refractivity contribution in [2.24, 2.45) is 17.3 Å². The van der Waals surface area contributed by atoms with Crippen molar-refractivity contribution in [1.82, 2.24) is 16.2 Å². The van der Waals surface area contributed by atoms with E-state index in [2.05, 4.69) is 16.2 Å². The highest BCUT2D eigenvalue weighted by Gasteiger charge is 2.33. The van der Waals surface area contributed by atoms with Crippen molar-refractivity contribution in [3.05, 3.63) is 0 Å². The summed E-state index contributed by atoms with van der Waals surface area (Å²) in [6.07, 6.45) is -0.368. The molecule has 8 heteroatoms. The van der Waals surface area contributed by atoms with Crippen LogP contribution in [-0.2, 0) is 19.1 Å². The lowest BCUT2D eigenvalue weighted by Crippen LogP contribution is -2.46. The van der Waals surface area contributed by atoms with E-state index in [0.29, 0.717) is 13.0 Å². The molecule has 1 aliphatic rings. The van der Waals surface area contributed by atoms with E-state index in [1.165, 1.54) is 0 Å². The molecule has 0 aliphatic carbocycles. The van der Waals surface area contributed by atoms with Crippen LogP contribution in [0.4, 0.5) is 4.79 Å². The summed E-state index contributed by atoms with van der Waals surface area (Å²) in [5.41, 5.74) is 4.72. The Hall–Kier alpha value is -1.96. The highest BCUT2D eigenvalue weighted by molar-refractivity contribution is 6.37. The normalized spacial score (nSPS) is 19.8. The zero-order valence-electron chi connectivity index (χ0n) is 15.6. The number of hydrogen-bond acceptors (Lipinski definition) is 6. The molecule has 1 heterocycles. The van der Waals surface area contributed by atoms with Crippen LogP contribution in [0.25, 0.3) is 0 Å². The van der Waals surface area contributed by atoms with Crippen LogP contribution in [0, 0.1) is 17.3 Å². The number of carbonyl (C=O) groups is 4. The minimum absolute atomic E-state index is 0.0870. The summed E-state index contributed by atoms with van der Waals surface area (Å²) in [4.78, 5) is 48.1. The Morgan fingerprint density at radius 3 is 2.48 bits per heavy atom. The molecule has 0 spiro atoms. The molecule has 0 aromatic heterocycles. The van der Waals surface area contributed by atoms with Gasteiger partial charge in [0.1, 0.15) is 0 Å². The largest absolute Gasteiger partial charge is 0.449 e. The molecule has 142 valence electrons. The predicted molar refractivity (Wildman–Crippen MR) is 91.4 cm³/mol. The van der Waals surface area contributed by atoms with E-state index < -0.39 is 29.7 Å². The molecule has 1 aliphatic heterocycles. The van der Waals surface area contributed by atoms with Gasteiger partial charge in [-0.05, 0) is 17.8 Å². The molecule has 2 amide bonds. The Morgan fingerprint density at radius 1 is 1.28 bits per heavy atom. The smallest absolute Gasteiger partial charge is 0.407 e. The monoisotopic (exact) mass is 355 g/mol. The third kappa shape index (κ3) is 7.21. The highest BCUT2D eigenvalue weighted by Crippen LogP contribution is 2.17. The van der Waals surface area contributed by atoms with E-state index in [4.69, 9.17) is 4.74 Å². The highest BCUT2D eigenvalue weighted by atomic mass is 16.5. The standard InChI is InChI=1S/C17H29N3O5/c1-10(2)13(19-16(24)25-9-17(3,4)5)12(21)8-11-6-7-18-20-15(23)14(11)22/h10-11,13,18H,6-9H2,1-5H3,(H,19,24)(H,20,23). The summed E-state index contributed by atoms with van der Waals surface area (Å²) in [5.74, 6) is -2.49. The number of Topliss-reactive ketones (excluding diaryl/α,β-unsaturated/α-hetero) is 2. The lowest BCUT2D eigenvalue weighted by molar-refractivity contribution is -0.141. The summed E-state index contributed by atoms with van der Waals surface area (Å²) >= 11 is 0. The van der Waals surface area contributed by atoms with Gasteiger partial charge in [-0.3, -0.25) is 19.8 Å². The number of rotatable bonds is 6. The van der Waals surface area contributed by atoms with Gasteiger partial charge in [-0.1, -0.05) is 34.6 Å². The fourth-order valence-electron chi connectivity index (χ4n) is 2.40. The fraction of sp³-hybridized carbons (Fsp3) is 0.765. The maximum absolute atomic E-state index is 12.6. The van der Waals surface area contributed by atoms with Crippen molar-refractivity contribution < 1.29 is 23.9 Å². The van der Waals surface area contributed by atoms with Crippen LogP contribution >= 0.6 is 0 Å². The summed E-state index contributed by atoms with van der Waals surface area (Å²) in [7, 11) is 0. The number of ketones is 2. The second-order valence-corrected chi connectivity index (χ2v) is 7.90. The average molecular weight is 355 g/mol. The van der Waals surface area contributed by atoms with E-state index in [-0.39, 0.29) is 30.1 Å². The number of hydrogen-bond donors (Lipinski definition) is 3. The SMILES string of the molecule is CC(C)C(NC(=O)OCC(C)(C)C)C(=O)CC1CCNNC(=O)C1=O. The lowest BCUT2D eigenvalue weighted by atomic mass is 9.88. The number of amides is 2. The molecular formula is C17H29N3O5. The van der Waals surface area contributed by atoms with Gasteiger partial charge in [0.2, 0.25) is 5.78 Å². The average Bonchev–Trinajstić information content (AvgIpc) is 2.65. The van der Waals surface area contributed by atoms with Crippen molar-refractivity contribution in [1.29, 1.82) is 0 Å². The first kappa shape index (κ1) is 21.1. The topological polar surface area (TPSA) is 114 Å². The number of hydrazine groups is 1. The van der Waals surface area contributed by atoms with Gasteiger partial charge in [0.15, 0.2) is 5.78 Å². The molecule has 3 N–H and O–H groups in total. The third-order valence-electron chi connectivity index (χ3n) is 3.79. The molecule has 1 fully saturated rings. The van der Waals surface area contributed by atoms with Gasteiger partial charge in [0.25, 0.3) is 0 Å². The molecule has 2 atom stereocenters. The number of alkyl carbamates (subject to hydrolysis) is 1.